The molecule has 2 aromatic carbocycles. The van der Waals surface area contributed by atoms with Crippen molar-refractivity contribution in [2.75, 3.05) is 12.1 Å². The second-order valence-electron chi connectivity index (χ2n) is 5.31. The zero-order valence-electron chi connectivity index (χ0n) is 13.3. The highest BCUT2D eigenvalue weighted by atomic mass is 16.5. The molecule has 6 heteroatoms. The van der Waals surface area contributed by atoms with Gasteiger partial charge >= 0.3 is 0 Å². The number of hydrogen-bond acceptors (Lipinski definition) is 5. The second kappa shape index (κ2) is 7.41. The number of benzene rings is 2. The number of carbonyl (C=O) groups excluding carboxylic acids is 1. The molecule has 0 saturated carbocycles. The van der Waals surface area contributed by atoms with Crippen LogP contribution in [0.3, 0.4) is 0 Å². The number of anilines is 1. The number of para-hydroxylation sites is 1. The van der Waals surface area contributed by atoms with Crippen molar-refractivity contribution in [2.45, 2.75) is 12.8 Å². The standard InChI is InChI=1S/C18H18N4O2/c1-22(15-10-6-3-7-11-15)20-16(23)12-13-17-19-18(21-24-17)14-8-4-2-5-9-14/h2-11H,12-13H2,1H3,(H,20,23). The van der Waals surface area contributed by atoms with Crippen molar-refractivity contribution in [3.8, 4) is 11.4 Å². The lowest BCUT2D eigenvalue weighted by atomic mass is 10.2. The maximum Gasteiger partial charge on any atom is 0.239 e. The van der Waals surface area contributed by atoms with E-state index in [1.54, 1.807) is 12.1 Å². The molecular weight excluding hydrogens is 304 g/mol. The minimum atomic E-state index is -0.110. The highest BCUT2D eigenvalue weighted by molar-refractivity contribution is 5.77. The summed E-state index contributed by atoms with van der Waals surface area (Å²) in [5.41, 5.74) is 4.61. The van der Waals surface area contributed by atoms with E-state index >= 15 is 0 Å². The fraction of sp³-hybridized carbons (Fsp3) is 0.167. The number of rotatable bonds is 6. The van der Waals surface area contributed by atoms with E-state index < -0.39 is 0 Å². The van der Waals surface area contributed by atoms with Crippen LogP contribution in [0.4, 0.5) is 5.69 Å². The zero-order valence-corrected chi connectivity index (χ0v) is 13.3. The number of hydrogen-bond donors (Lipinski definition) is 1. The van der Waals surface area contributed by atoms with Crippen LogP contribution in [-0.4, -0.2) is 23.1 Å². The van der Waals surface area contributed by atoms with E-state index in [4.69, 9.17) is 4.52 Å². The molecule has 0 aliphatic carbocycles. The van der Waals surface area contributed by atoms with Gasteiger partial charge in [-0.25, -0.2) is 0 Å². The van der Waals surface area contributed by atoms with Crippen LogP contribution in [-0.2, 0) is 11.2 Å². The zero-order chi connectivity index (χ0) is 16.8. The van der Waals surface area contributed by atoms with Crippen LogP contribution in [0.15, 0.2) is 65.2 Å². The smallest absolute Gasteiger partial charge is 0.239 e. The number of hydrazine groups is 1. The van der Waals surface area contributed by atoms with Crippen LogP contribution >= 0.6 is 0 Å². The molecule has 24 heavy (non-hydrogen) atoms. The van der Waals surface area contributed by atoms with Crippen molar-refractivity contribution in [3.05, 3.63) is 66.6 Å². The Balaban J connectivity index is 1.53. The molecule has 1 heterocycles. The summed E-state index contributed by atoms with van der Waals surface area (Å²) in [6, 6.07) is 19.2. The summed E-state index contributed by atoms with van der Waals surface area (Å²) in [5, 5.41) is 5.63. The molecule has 0 radical (unpaired) electrons. The van der Waals surface area contributed by atoms with Crippen molar-refractivity contribution in [2.24, 2.45) is 0 Å². The SMILES string of the molecule is CN(NC(=O)CCc1nc(-c2ccccc2)no1)c1ccccc1. The second-order valence-corrected chi connectivity index (χ2v) is 5.31. The average Bonchev–Trinajstić information content (AvgIpc) is 3.10. The number of nitrogens with one attached hydrogen (secondary N) is 1. The summed E-state index contributed by atoms with van der Waals surface area (Å²) in [6.07, 6.45) is 0.669. The van der Waals surface area contributed by atoms with Crippen molar-refractivity contribution in [3.63, 3.8) is 0 Å². The molecule has 0 bridgehead atoms. The van der Waals surface area contributed by atoms with Crippen LogP contribution < -0.4 is 10.4 Å². The quantitative estimate of drug-likeness (QED) is 0.707. The topological polar surface area (TPSA) is 71.3 Å². The molecule has 0 fully saturated rings. The number of carbonyl (C=O) groups is 1. The van der Waals surface area contributed by atoms with Gasteiger partial charge in [0.05, 0.1) is 5.69 Å². The lowest BCUT2D eigenvalue weighted by Gasteiger charge is -2.19. The van der Waals surface area contributed by atoms with Gasteiger partial charge in [-0.05, 0) is 12.1 Å². The summed E-state index contributed by atoms with van der Waals surface area (Å²) in [7, 11) is 1.80. The summed E-state index contributed by atoms with van der Waals surface area (Å²) in [6.45, 7) is 0. The molecule has 1 amide bonds. The summed E-state index contributed by atoms with van der Waals surface area (Å²) < 4.78 is 5.20. The van der Waals surface area contributed by atoms with Gasteiger partial charge in [-0.3, -0.25) is 15.2 Å². The van der Waals surface area contributed by atoms with Gasteiger partial charge in [0, 0.05) is 25.5 Å². The molecule has 1 N–H and O–H groups in total. The van der Waals surface area contributed by atoms with Gasteiger partial charge < -0.3 is 4.52 Å². The fourth-order valence-corrected chi connectivity index (χ4v) is 2.24. The number of aromatic nitrogens is 2. The molecule has 0 unspecified atom stereocenters. The minimum Gasteiger partial charge on any atom is -0.339 e. The van der Waals surface area contributed by atoms with Crippen molar-refractivity contribution >= 4 is 11.6 Å². The molecule has 1 aromatic heterocycles. The Bertz CT molecular complexity index is 787. The Morgan fingerprint density at radius 1 is 1.08 bits per heavy atom. The predicted octanol–water partition coefficient (Wildman–Crippen LogP) is 2.84. The first-order valence-corrected chi connectivity index (χ1v) is 7.68. The number of nitrogens with zero attached hydrogens (tertiary/aromatic N) is 3. The predicted molar refractivity (Wildman–Crippen MR) is 91.0 cm³/mol. The largest absolute Gasteiger partial charge is 0.339 e. The molecule has 3 rings (SSSR count). The normalized spacial score (nSPS) is 10.4. The maximum absolute atomic E-state index is 12.0. The van der Waals surface area contributed by atoms with Crippen LogP contribution in [0.5, 0.6) is 0 Å². The van der Waals surface area contributed by atoms with E-state index in [9.17, 15) is 4.79 Å². The third kappa shape index (κ3) is 3.98. The molecule has 0 aliphatic rings. The Hall–Kier alpha value is -3.15. The molecule has 122 valence electrons. The van der Waals surface area contributed by atoms with Crippen molar-refractivity contribution in [1.82, 2.24) is 15.6 Å². The lowest BCUT2D eigenvalue weighted by Crippen LogP contribution is -2.39. The van der Waals surface area contributed by atoms with Gasteiger partial charge in [0.2, 0.25) is 17.6 Å². The first kappa shape index (κ1) is 15.7. The Morgan fingerprint density at radius 2 is 1.75 bits per heavy atom. The summed E-state index contributed by atoms with van der Waals surface area (Å²) >= 11 is 0. The molecule has 3 aromatic rings. The van der Waals surface area contributed by atoms with Gasteiger partial charge in [0.15, 0.2) is 0 Å². The Labute approximate surface area is 140 Å². The third-order valence-corrected chi connectivity index (χ3v) is 3.50. The monoisotopic (exact) mass is 322 g/mol. The molecule has 0 spiro atoms. The van der Waals surface area contributed by atoms with Crippen LogP contribution in [0.25, 0.3) is 11.4 Å². The lowest BCUT2D eigenvalue weighted by molar-refractivity contribution is -0.121. The van der Waals surface area contributed by atoms with Crippen LogP contribution in [0, 0.1) is 0 Å². The van der Waals surface area contributed by atoms with Crippen LogP contribution in [0.2, 0.25) is 0 Å². The highest BCUT2D eigenvalue weighted by Crippen LogP contribution is 2.15. The van der Waals surface area contributed by atoms with E-state index in [1.807, 2.05) is 60.7 Å². The first-order chi connectivity index (χ1) is 11.7. The molecule has 6 nitrogen and oxygen atoms in total. The number of amides is 1. The van der Waals surface area contributed by atoms with E-state index in [1.165, 1.54) is 0 Å². The molecule has 0 atom stereocenters. The van der Waals surface area contributed by atoms with Gasteiger partial charge in [0.1, 0.15) is 0 Å². The van der Waals surface area contributed by atoms with Gasteiger partial charge in [-0.1, -0.05) is 53.7 Å². The van der Waals surface area contributed by atoms with Gasteiger partial charge in [-0.2, -0.15) is 4.98 Å². The van der Waals surface area contributed by atoms with E-state index in [0.29, 0.717) is 18.1 Å². The highest BCUT2D eigenvalue weighted by Gasteiger charge is 2.11. The molecular formula is C18H18N4O2. The first-order valence-electron chi connectivity index (χ1n) is 7.68. The maximum atomic E-state index is 12.0. The van der Waals surface area contributed by atoms with E-state index in [2.05, 4.69) is 15.6 Å². The van der Waals surface area contributed by atoms with E-state index in [0.717, 1.165) is 11.3 Å². The summed E-state index contributed by atoms with van der Waals surface area (Å²) in [4.78, 5) is 16.4. The number of aryl methyl sites for hydroxylation is 1. The average molecular weight is 322 g/mol. The molecule has 0 saturated heterocycles. The van der Waals surface area contributed by atoms with Crippen LogP contribution in [0.1, 0.15) is 12.3 Å². The summed E-state index contributed by atoms with van der Waals surface area (Å²) in [5.74, 6) is 0.875. The van der Waals surface area contributed by atoms with Crippen molar-refractivity contribution in [1.29, 1.82) is 0 Å². The Morgan fingerprint density at radius 3 is 2.46 bits per heavy atom. The van der Waals surface area contributed by atoms with Gasteiger partial charge in [-0.15, -0.1) is 0 Å². The van der Waals surface area contributed by atoms with Gasteiger partial charge in [0.25, 0.3) is 0 Å². The van der Waals surface area contributed by atoms with Crippen molar-refractivity contribution < 1.29 is 9.32 Å². The minimum absolute atomic E-state index is 0.110. The fourth-order valence-electron chi connectivity index (χ4n) is 2.24. The van der Waals surface area contributed by atoms with E-state index in [-0.39, 0.29) is 12.3 Å². The Kier molecular flexibility index (Phi) is 4.86. The third-order valence-electron chi connectivity index (χ3n) is 3.50. The molecule has 0 aliphatic heterocycles.